The number of rotatable bonds is 2. The van der Waals surface area contributed by atoms with Crippen LogP contribution in [-0.4, -0.2) is 36.8 Å². The molecule has 130 valence electrons. The van der Waals surface area contributed by atoms with Gasteiger partial charge in [0.25, 0.3) is 0 Å². The lowest BCUT2D eigenvalue weighted by Gasteiger charge is -2.20. The number of hydrogen-bond acceptors (Lipinski definition) is 5. The maximum atomic E-state index is 12.8. The normalized spacial score (nSPS) is 11.7. The number of carbonyl (C=O) groups is 2. The molecule has 3 heterocycles. The van der Waals surface area contributed by atoms with E-state index in [2.05, 4.69) is 10.1 Å². The molecule has 0 radical (unpaired) electrons. The zero-order chi connectivity index (χ0) is 18.4. The van der Waals surface area contributed by atoms with Gasteiger partial charge in [0.15, 0.2) is 5.78 Å². The Morgan fingerprint density at radius 3 is 2.48 bits per heavy atom. The molecule has 0 aliphatic carbocycles. The summed E-state index contributed by atoms with van der Waals surface area (Å²) in [5, 5.41) is 4.21. The van der Waals surface area contributed by atoms with Crippen molar-refractivity contribution in [3.05, 3.63) is 36.2 Å². The van der Waals surface area contributed by atoms with Crippen LogP contribution in [0.25, 0.3) is 22.4 Å². The summed E-state index contributed by atoms with van der Waals surface area (Å²) in [5.41, 5.74) is 2.21. The Morgan fingerprint density at radius 1 is 1.16 bits per heavy atom. The van der Waals surface area contributed by atoms with Crippen molar-refractivity contribution in [1.82, 2.24) is 19.3 Å². The maximum absolute atomic E-state index is 12.8. The van der Waals surface area contributed by atoms with Gasteiger partial charge in [-0.25, -0.2) is 9.36 Å². The monoisotopic (exact) mass is 340 g/mol. The third-order valence-corrected chi connectivity index (χ3v) is 3.65. The number of pyridine rings is 1. The predicted octanol–water partition coefficient (Wildman–Crippen LogP) is 3.42. The van der Waals surface area contributed by atoms with Crippen LogP contribution in [0, 0.1) is 0 Å². The van der Waals surface area contributed by atoms with Gasteiger partial charge in [0.2, 0.25) is 0 Å². The van der Waals surface area contributed by atoms with Gasteiger partial charge in [-0.1, -0.05) is 0 Å². The summed E-state index contributed by atoms with van der Waals surface area (Å²) in [6.45, 7) is 6.89. The molecule has 0 aliphatic rings. The first-order chi connectivity index (χ1) is 11.7. The fraction of sp³-hybridized carbons (Fsp3) is 0.333. The van der Waals surface area contributed by atoms with E-state index in [1.165, 1.54) is 11.5 Å². The Kier molecular flexibility index (Phi) is 3.94. The average Bonchev–Trinajstić information content (AvgIpc) is 3.05. The zero-order valence-electron chi connectivity index (χ0n) is 14.9. The molecule has 25 heavy (non-hydrogen) atoms. The van der Waals surface area contributed by atoms with E-state index in [1.807, 2.05) is 20.8 Å². The molecule has 0 unspecified atom stereocenters. The molecule has 0 bridgehead atoms. The average molecular weight is 340 g/mol. The molecule has 7 nitrogen and oxygen atoms in total. The van der Waals surface area contributed by atoms with Crippen molar-refractivity contribution in [2.75, 3.05) is 0 Å². The van der Waals surface area contributed by atoms with Crippen LogP contribution in [0.5, 0.6) is 0 Å². The van der Waals surface area contributed by atoms with Crippen LogP contribution < -0.4 is 0 Å². The number of aryl methyl sites for hydroxylation is 1. The van der Waals surface area contributed by atoms with Crippen LogP contribution in [0.4, 0.5) is 4.79 Å². The summed E-state index contributed by atoms with van der Waals surface area (Å²) in [4.78, 5) is 28.7. The number of fused-ring (bicyclic) bond motifs is 1. The molecular formula is C18H20N4O3. The molecule has 0 fully saturated rings. The largest absolute Gasteiger partial charge is 0.443 e. The van der Waals surface area contributed by atoms with Crippen molar-refractivity contribution in [3.8, 4) is 11.4 Å². The van der Waals surface area contributed by atoms with Crippen molar-refractivity contribution in [2.24, 2.45) is 7.05 Å². The second-order valence-corrected chi connectivity index (χ2v) is 6.85. The molecule has 3 aromatic rings. The summed E-state index contributed by atoms with van der Waals surface area (Å²) in [6, 6.07) is 7.02. The molecule has 7 heteroatoms. The molecule has 0 N–H and O–H groups in total. The molecule has 3 rings (SSSR count). The molecule has 0 aromatic carbocycles. The van der Waals surface area contributed by atoms with E-state index >= 15 is 0 Å². The highest BCUT2D eigenvalue weighted by atomic mass is 16.6. The van der Waals surface area contributed by atoms with E-state index in [4.69, 9.17) is 4.74 Å². The Hall–Kier alpha value is -2.96. The minimum Gasteiger partial charge on any atom is -0.443 e. The fourth-order valence-corrected chi connectivity index (χ4v) is 2.60. The first-order valence-electron chi connectivity index (χ1n) is 7.92. The Bertz CT molecular complexity index is 976. The minimum atomic E-state index is -0.635. The summed E-state index contributed by atoms with van der Waals surface area (Å²) >= 11 is 0. The van der Waals surface area contributed by atoms with Gasteiger partial charge in [0.05, 0.1) is 22.4 Å². The standard InChI is InChI=1S/C18H20N4O3/c1-11(23)12-9-15(21(5)20-12)16-10-13-14(7-6-8-19-13)22(16)17(24)25-18(2,3)4/h6-10H,1-5H3. The van der Waals surface area contributed by atoms with Gasteiger partial charge >= 0.3 is 6.09 Å². The number of carbonyl (C=O) groups excluding carboxylic acids is 2. The van der Waals surface area contributed by atoms with E-state index in [9.17, 15) is 9.59 Å². The summed E-state index contributed by atoms with van der Waals surface area (Å²) in [7, 11) is 1.73. The lowest BCUT2D eigenvalue weighted by Crippen LogP contribution is -2.27. The third kappa shape index (κ3) is 3.17. The highest BCUT2D eigenvalue weighted by Crippen LogP contribution is 2.28. The SMILES string of the molecule is CC(=O)c1cc(-c2cc3ncccc3n2C(=O)OC(C)(C)C)n(C)n1. The lowest BCUT2D eigenvalue weighted by molar-refractivity contribution is 0.0547. The van der Waals surface area contributed by atoms with Crippen LogP contribution in [0.15, 0.2) is 30.5 Å². The fourth-order valence-electron chi connectivity index (χ4n) is 2.60. The van der Waals surface area contributed by atoms with E-state index in [0.29, 0.717) is 28.1 Å². The number of Topliss-reactive ketones (excluding diaryl/α,β-unsaturated/α-hetero) is 1. The molecule has 0 saturated heterocycles. The second-order valence-electron chi connectivity index (χ2n) is 6.85. The molecular weight excluding hydrogens is 320 g/mol. The maximum Gasteiger partial charge on any atom is 0.419 e. The van der Waals surface area contributed by atoms with Crippen molar-refractivity contribution in [2.45, 2.75) is 33.3 Å². The first-order valence-corrected chi connectivity index (χ1v) is 7.92. The van der Waals surface area contributed by atoms with Gasteiger partial charge < -0.3 is 4.74 Å². The molecule has 0 aliphatic heterocycles. The number of ether oxygens (including phenoxy) is 1. The summed E-state index contributed by atoms with van der Waals surface area (Å²) in [5.74, 6) is -0.139. The number of ketones is 1. The van der Waals surface area contributed by atoms with Crippen molar-refractivity contribution >= 4 is 22.9 Å². The molecule has 0 atom stereocenters. The van der Waals surface area contributed by atoms with E-state index in [1.54, 1.807) is 42.2 Å². The Balaban J connectivity index is 2.23. The second kappa shape index (κ2) is 5.84. The first kappa shape index (κ1) is 16.9. The van der Waals surface area contributed by atoms with Crippen molar-refractivity contribution in [1.29, 1.82) is 0 Å². The van der Waals surface area contributed by atoms with Crippen molar-refractivity contribution in [3.63, 3.8) is 0 Å². The summed E-state index contributed by atoms with van der Waals surface area (Å²) < 4.78 is 8.59. The topological polar surface area (TPSA) is 79.0 Å². The van der Waals surface area contributed by atoms with E-state index in [-0.39, 0.29) is 5.78 Å². The quantitative estimate of drug-likeness (QED) is 0.668. The lowest BCUT2D eigenvalue weighted by atomic mass is 10.2. The van der Waals surface area contributed by atoms with E-state index < -0.39 is 11.7 Å². The number of hydrogen-bond donors (Lipinski definition) is 0. The van der Waals surface area contributed by atoms with Crippen LogP contribution >= 0.6 is 0 Å². The third-order valence-electron chi connectivity index (χ3n) is 3.65. The van der Waals surface area contributed by atoms with E-state index in [0.717, 1.165) is 0 Å². The molecule has 3 aromatic heterocycles. The highest BCUT2D eigenvalue weighted by Gasteiger charge is 2.25. The van der Waals surface area contributed by atoms with Gasteiger partial charge in [-0.05, 0) is 45.0 Å². The van der Waals surface area contributed by atoms with Gasteiger partial charge in [-0.2, -0.15) is 5.10 Å². The minimum absolute atomic E-state index is 0.139. The number of aromatic nitrogens is 4. The molecule has 0 amide bonds. The van der Waals surface area contributed by atoms with Crippen LogP contribution in [0.3, 0.4) is 0 Å². The zero-order valence-corrected chi connectivity index (χ0v) is 14.9. The smallest absolute Gasteiger partial charge is 0.419 e. The van der Waals surface area contributed by atoms with Crippen LogP contribution in [-0.2, 0) is 11.8 Å². The van der Waals surface area contributed by atoms with Gasteiger partial charge in [0, 0.05) is 20.2 Å². The van der Waals surface area contributed by atoms with Gasteiger partial charge in [0.1, 0.15) is 11.3 Å². The predicted molar refractivity (Wildman–Crippen MR) is 93.6 cm³/mol. The summed E-state index contributed by atoms with van der Waals surface area (Å²) in [6.07, 6.45) is 1.16. The number of nitrogens with zero attached hydrogens (tertiary/aromatic N) is 4. The molecule has 0 spiro atoms. The molecule has 0 saturated carbocycles. The Labute approximate surface area is 145 Å². The van der Waals surface area contributed by atoms with Gasteiger partial charge in [-0.3, -0.25) is 14.5 Å². The Morgan fingerprint density at radius 2 is 1.88 bits per heavy atom. The van der Waals surface area contributed by atoms with Gasteiger partial charge in [-0.15, -0.1) is 0 Å². The van der Waals surface area contributed by atoms with Crippen LogP contribution in [0.2, 0.25) is 0 Å². The van der Waals surface area contributed by atoms with Crippen LogP contribution in [0.1, 0.15) is 38.2 Å². The highest BCUT2D eigenvalue weighted by molar-refractivity contribution is 5.96. The van der Waals surface area contributed by atoms with Crippen molar-refractivity contribution < 1.29 is 14.3 Å².